The average Bonchev–Trinajstić information content (AvgIpc) is 2.87. The summed E-state index contributed by atoms with van der Waals surface area (Å²) < 4.78 is 39.7. The fraction of sp³-hybridized carbons (Fsp3) is 0.632. The van der Waals surface area contributed by atoms with Crippen molar-refractivity contribution in [3.8, 4) is 0 Å². The predicted molar refractivity (Wildman–Crippen MR) is 103 cm³/mol. The van der Waals surface area contributed by atoms with Crippen molar-refractivity contribution < 1.29 is 18.0 Å². The highest BCUT2D eigenvalue weighted by molar-refractivity contribution is 7.99. The Bertz CT molecular complexity index is 635. The van der Waals surface area contributed by atoms with Crippen LogP contribution in [0.4, 0.5) is 23.7 Å². The molecule has 0 radical (unpaired) electrons. The van der Waals surface area contributed by atoms with Crippen LogP contribution in [0.5, 0.6) is 0 Å². The molecule has 0 saturated carbocycles. The molecule has 3 rings (SSSR count). The lowest BCUT2D eigenvalue weighted by Crippen LogP contribution is -2.50. The molecule has 1 unspecified atom stereocenters. The molecular weight excluding hydrogens is 375 g/mol. The van der Waals surface area contributed by atoms with Crippen molar-refractivity contribution in [2.24, 2.45) is 0 Å². The molecule has 1 aromatic rings. The first-order valence-corrected chi connectivity index (χ1v) is 10.6. The second-order valence-electron chi connectivity index (χ2n) is 7.11. The zero-order chi connectivity index (χ0) is 19.3. The van der Waals surface area contributed by atoms with E-state index in [4.69, 9.17) is 0 Å². The van der Waals surface area contributed by atoms with Gasteiger partial charge in [-0.2, -0.15) is 24.9 Å². The molecule has 0 spiro atoms. The quantitative estimate of drug-likeness (QED) is 0.808. The Kier molecular flexibility index (Phi) is 6.92. The number of benzene rings is 1. The van der Waals surface area contributed by atoms with E-state index in [0.717, 1.165) is 43.6 Å². The van der Waals surface area contributed by atoms with Gasteiger partial charge < -0.3 is 15.1 Å². The van der Waals surface area contributed by atoms with Gasteiger partial charge in [0, 0.05) is 18.8 Å². The van der Waals surface area contributed by atoms with Crippen molar-refractivity contribution in [1.29, 1.82) is 0 Å². The van der Waals surface area contributed by atoms with E-state index in [1.807, 2.05) is 11.8 Å². The van der Waals surface area contributed by atoms with Crippen LogP contribution in [-0.2, 0) is 6.18 Å². The van der Waals surface area contributed by atoms with Crippen molar-refractivity contribution in [2.75, 3.05) is 43.0 Å². The second kappa shape index (κ2) is 9.19. The van der Waals surface area contributed by atoms with Crippen LogP contribution < -0.4 is 5.32 Å². The minimum atomic E-state index is -4.49. The Morgan fingerprint density at radius 3 is 2.59 bits per heavy atom. The summed E-state index contributed by atoms with van der Waals surface area (Å²) in [5, 5.41) is 2.52. The maximum absolute atomic E-state index is 13.2. The summed E-state index contributed by atoms with van der Waals surface area (Å²) in [4.78, 5) is 17.0. The van der Waals surface area contributed by atoms with Gasteiger partial charge in [-0.25, -0.2) is 4.79 Å². The van der Waals surface area contributed by atoms with Gasteiger partial charge in [-0.05, 0) is 50.2 Å². The van der Waals surface area contributed by atoms with Crippen molar-refractivity contribution >= 4 is 23.5 Å². The predicted octanol–water partition coefficient (Wildman–Crippen LogP) is 4.53. The van der Waals surface area contributed by atoms with Crippen LogP contribution in [0.3, 0.4) is 0 Å². The number of carbonyl (C=O) groups excluding carboxylic acids is 1. The van der Waals surface area contributed by atoms with Gasteiger partial charge in [0.1, 0.15) is 0 Å². The largest absolute Gasteiger partial charge is 0.418 e. The highest BCUT2D eigenvalue weighted by Crippen LogP contribution is 2.34. The van der Waals surface area contributed by atoms with Crippen molar-refractivity contribution in [1.82, 2.24) is 9.80 Å². The van der Waals surface area contributed by atoms with E-state index in [0.29, 0.717) is 6.54 Å². The van der Waals surface area contributed by atoms with Gasteiger partial charge in [0.05, 0.1) is 17.3 Å². The van der Waals surface area contributed by atoms with Gasteiger partial charge in [-0.15, -0.1) is 0 Å². The molecule has 2 fully saturated rings. The number of thioether (sulfide) groups is 1. The van der Waals surface area contributed by atoms with Gasteiger partial charge in [-0.1, -0.05) is 18.6 Å². The van der Waals surface area contributed by atoms with E-state index in [1.54, 1.807) is 4.90 Å². The van der Waals surface area contributed by atoms with Crippen LogP contribution in [-0.4, -0.2) is 59.6 Å². The smallest absolute Gasteiger partial charge is 0.319 e. The van der Waals surface area contributed by atoms with Gasteiger partial charge in [0.25, 0.3) is 0 Å². The summed E-state index contributed by atoms with van der Waals surface area (Å²) in [5.74, 6) is 1.80. The third-order valence-electron chi connectivity index (χ3n) is 5.09. The summed E-state index contributed by atoms with van der Waals surface area (Å²) in [5.41, 5.74) is -0.987. The summed E-state index contributed by atoms with van der Waals surface area (Å²) in [6.45, 7) is 3.44. The number of amides is 2. The first-order chi connectivity index (χ1) is 12.9. The summed E-state index contributed by atoms with van der Waals surface area (Å²) in [6, 6.07) is 4.74. The van der Waals surface area contributed by atoms with E-state index in [-0.39, 0.29) is 11.7 Å². The third-order valence-corrected chi connectivity index (χ3v) is 6.29. The number of alkyl halides is 3. The number of hydrogen-bond acceptors (Lipinski definition) is 3. The van der Waals surface area contributed by atoms with Crippen LogP contribution >= 0.6 is 11.8 Å². The zero-order valence-corrected chi connectivity index (χ0v) is 16.1. The number of piperidine rings is 1. The lowest BCUT2D eigenvalue weighted by molar-refractivity contribution is -0.136. The number of urea groups is 1. The molecule has 0 aliphatic carbocycles. The van der Waals surface area contributed by atoms with Gasteiger partial charge in [-0.3, -0.25) is 0 Å². The van der Waals surface area contributed by atoms with E-state index >= 15 is 0 Å². The minimum Gasteiger partial charge on any atom is -0.319 e. The van der Waals surface area contributed by atoms with Crippen molar-refractivity contribution in [2.45, 2.75) is 37.9 Å². The molecular formula is C19H26F3N3OS. The Hall–Kier alpha value is -1.41. The number of likely N-dealkylation sites (tertiary alicyclic amines) is 1. The third kappa shape index (κ3) is 5.54. The van der Waals surface area contributed by atoms with Crippen LogP contribution in [0.25, 0.3) is 0 Å². The lowest BCUT2D eigenvalue weighted by atomic mass is 10.1. The summed E-state index contributed by atoms with van der Waals surface area (Å²) >= 11 is 1.82. The second-order valence-corrected chi connectivity index (χ2v) is 8.26. The molecule has 0 bridgehead atoms. The van der Waals surface area contributed by atoms with E-state index < -0.39 is 17.8 Å². The number of anilines is 1. The molecule has 1 N–H and O–H groups in total. The molecule has 4 nitrogen and oxygen atoms in total. The molecule has 2 amide bonds. The van der Waals surface area contributed by atoms with Crippen LogP contribution in [0.15, 0.2) is 24.3 Å². The molecule has 2 aliphatic rings. The SMILES string of the molecule is O=C(Nc1ccccc1C(F)(F)F)N1CCCSCC1CN1CCCCC1. The summed E-state index contributed by atoms with van der Waals surface area (Å²) in [6.07, 6.45) is -0.0500. The van der Waals surface area contributed by atoms with Gasteiger partial charge >= 0.3 is 12.2 Å². The fourth-order valence-corrected chi connectivity index (χ4v) is 4.77. The number of hydrogen-bond donors (Lipinski definition) is 1. The number of para-hydroxylation sites is 1. The first-order valence-electron chi connectivity index (χ1n) is 9.49. The Morgan fingerprint density at radius 1 is 1.11 bits per heavy atom. The van der Waals surface area contributed by atoms with Crippen LogP contribution in [0.1, 0.15) is 31.2 Å². The van der Waals surface area contributed by atoms with Crippen LogP contribution in [0.2, 0.25) is 0 Å². The van der Waals surface area contributed by atoms with Gasteiger partial charge in [0.2, 0.25) is 0 Å². The Labute approximate surface area is 162 Å². The van der Waals surface area contributed by atoms with E-state index in [9.17, 15) is 18.0 Å². The fourth-order valence-electron chi connectivity index (χ4n) is 3.71. The molecule has 1 atom stereocenters. The topological polar surface area (TPSA) is 35.6 Å². The molecule has 2 heterocycles. The maximum atomic E-state index is 13.2. The zero-order valence-electron chi connectivity index (χ0n) is 15.3. The lowest BCUT2D eigenvalue weighted by Gasteiger charge is -2.35. The van der Waals surface area contributed by atoms with Crippen LogP contribution in [0, 0.1) is 0 Å². The van der Waals surface area contributed by atoms with Gasteiger partial charge in [0.15, 0.2) is 0 Å². The number of nitrogens with zero attached hydrogens (tertiary/aromatic N) is 2. The number of halogens is 3. The Balaban J connectivity index is 1.72. The number of rotatable bonds is 3. The molecule has 27 heavy (non-hydrogen) atoms. The maximum Gasteiger partial charge on any atom is 0.418 e. The van der Waals surface area contributed by atoms with Crippen molar-refractivity contribution in [3.63, 3.8) is 0 Å². The highest BCUT2D eigenvalue weighted by Gasteiger charge is 2.35. The van der Waals surface area contributed by atoms with E-state index in [2.05, 4.69) is 10.2 Å². The highest BCUT2D eigenvalue weighted by atomic mass is 32.2. The number of carbonyl (C=O) groups is 1. The molecule has 8 heteroatoms. The number of nitrogens with one attached hydrogen (secondary N) is 1. The minimum absolute atomic E-state index is 0.0219. The molecule has 2 aliphatic heterocycles. The molecule has 1 aromatic carbocycles. The Morgan fingerprint density at radius 2 is 1.85 bits per heavy atom. The first kappa shape index (κ1) is 20.3. The monoisotopic (exact) mass is 401 g/mol. The molecule has 0 aromatic heterocycles. The normalized spacial score (nSPS) is 22.3. The standard InChI is InChI=1S/C19H26F3N3OS/c20-19(21,22)16-7-2-3-8-17(16)23-18(26)25-11-6-12-27-14-15(25)13-24-9-4-1-5-10-24/h2-3,7-8,15H,1,4-6,9-14H2,(H,23,26). The molecule has 150 valence electrons. The van der Waals surface area contributed by atoms with Crippen molar-refractivity contribution in [3.05, 3.63) is 29.8 Å². The average molecular weight is 401 g/mol. The van der Waals surface area contributed by atoms with E-state index in [1.165, 1.54) is 37.5 Å². The summed E-state index contributed by atoms with van der Waals surface area (Å²) in [7, 11) is 0. The molecule has 2 saturated heterocycles.